The quantitative estimate of drug-likeness (QED) is 0.685. The van der Waals surface area contributed by atoms with Gasteiger partial charge in [0.25, 0.3) is 0 Å². The Kier molecular flexibility index (Phi) is 5.97. The lowest BCUT2D eigenvalue weighted by Crippen LogP contribution is -2.17. The maximum Gasteiger partial charge on any atom is 0.417 e. The van der Waals surface area contributed by atoms with E-state index in [1.165, 1.54) is 12.1 Å². The number of rotatable bonds is 6. The lowest BCUT2D eigenvalue weighted by Gasteiger charge is -2.14. The summed E-state index contributed by atoms with van der Waals surface area (Å²) in [6, 6.07) is 8.32. The predicted octanol–water partition coefficient (Wildman–Crippen LogP) is 4.32. The summed E-state index contributed by atoms with van der Waals surface area (Å²) in [4.78, 5) is -0.993. The summed E-state index contributed by atoms with van der Waals surface area (Å²) in [5.41, 5.74) is -0.509. The van der Waals surface area contributed by atoms with Crippen molar-refractivity contribution in [3.05, 3.63) is 58.6 Å². The fraction of sp³-hybridized carbons (Fsp3) is 0.250. The molecule has 25 heavy (non-hydrogen) atoms. The zero-order valence-electron chi connectivity index (χ0n) is 13.0. The lowest BCUT2D eigenvalue weighted by atomic mass is 10.1. The maximum atomic E-state index is 13.1. The van der Waals surface area contributed by atoms with Gasteiger partial charge in [-0.3, -0.25) is 0 Å². The molecule has 0 unspecified atom stereocenters. The van der Waals surface area contributed by atoms with Crippen molar-refractivity contribution in [3.8, 4) is 5.75 Å². The average Bonchev–Trinajstić information content (AvgIpc) is 2.53. The Hall–Kier alpha value is -1.77. The van der Waals surface area contributed by atoms with Crippen LogP contribution in [0.4, 0.5) is 13.2 Å². The van der Waals surface area contributed by atoms with E-state index in [1.54, 1.807) is 19.2 Å². The maximum absolute atomic E-state index is 13.1. The third-order valence-electron chi connectivity index (χ3n) is 3.24. The van der Waals surface area contributed by atoms with Crippen molar-refractivity contribution in [1.82, 2.24) is 0 Å². The van der Waals surface area contributed by atoms with E-state index in [1.807, 2.05) is 0 Å². The van der Waals surface area contributed by atoms with Crippen LogP contribution in [0.5, 0.6) is 5.75 Å². The van der Waals surface area contributed by atoms with Crippen molar-refractivity contribution in [2.24, 2.45) is 0 Å². The van der Waals surface area contributed by atoms with E-state index in [4.69, 9.17) is 20.5 Å². The number of benzene rings is 2. The van der Waals surface area contributed by atoms with Crippen LogP contribution in [0.1, 0.15) is 11.1 Å². The van der Waals surface area contributed by atoms with Crippen molar-refractivity contribution in [2.45, 2.75) is 17.5 Å². The highest BCUT2D eigenvalue weighted by Gasteiger charge is 2.38. The predicted molar refractivity (Wildman–Crippen MR) is 86.3 cm³/mol. The third-order valence-corrected chi connectivity index (χ3v) is 4.78. The fourth-order valence-electron chi connectivity index (χ4n) is 2.04. The van der Waals surface area contributed by atoms with Crippen LogP contribution in [-0.2, 0) is 27.5 Å². The molecule has 2 aromatic rings. The lowest BCUT2D eigenvalue weighted by molar-refractivity contribution is -0.139. The van der Waals surface area contributed by atoms with Gasteiger partial charge in [0.05, 0.1) is 12.2 Å². The van der Waals surface area contributed by atoms with Crippen molar-refractivity contribution in [1.29, 1.82) is 0 Å². The molecule has 9 heteroatoms. The van der Waals surface area contributed by atoms with Crippen LogP contribution in [0.2, 0.25) is 5.02 Å². The Morgan fingerprint density at radius 1 is 1.08 bits per heavy atom. The molecular formula is C16H14ClF3O4S. The highest BCUT2D eigenvalue weighted by Crippen LogP contribution is 2.36. The van der Waals surface area contributed by atoms with E-state index in [0.29, 0.717) is 19.1 Å². The molecule has 0 N–H and O–H groups in total. The Morgan fingerprint density at radius 3 is 2.28 bits per heavy atom. The van der Waals surface area contributed by atoms with Gasteiger partial charge in [-0.1, -0.05) is 23.7 Å². The van der Waals surface area contributed by atoms with Crippen LogP contribution in [0.15, 0.2) is 47.4 Å². The summed E-state index contributed by atoms with van der Waals surface area (Å²) < 4.78 is 73.5. The third kappa shape index (κ3) is 5.10. The van der Waals surface area contributed by atoms with E-state index in [0.717, 1.165) is 17.7 Å². The first-order valence-corrected chi connectivity index (χ1v) is 8.81. The molecule has 0 fully saturated rings. The molecule has 0 spiro atoms. The summed E-state index contributed by atoms with van der Waals surface area (Å²) in [5, 5.41) is -0.228. The van der Waals surface area contributed by atoms with Crippen molar-refractivity contribution < 1.29 is 30.5 Å². The van der Waals surface area contributed by atoms with Crippen molar-refractivity contribution >= 4 is 21.7 Å². The van der Waals surface area contributed by atoms with E-state index in [9.17, 15) is 21.6 Å². The number of ether oxygens (including phenoxy) is 1. The minimum atomic E-state index is -4.89. The fourth-order valence-corrected chi connectivity index (χ4v) is 3.35. The molecule has 0 atom stereocenters. The van der Waals surface area contributed by atoms with Gasteiger partial charge in [-0.25, -0.2) is 0 Å². The van der Waals surface area contributed by atoms with Gasteiger partial charge >= 0.3 is 16.3 Å². The van der Waals surface area contributed by atoms with Crippen molar-refractivity contribution in [3.63, 3.8) is 0 Å². The standard InChI is InChI=1S/C16H14ClF3O4S/c1-23-9-8-11-2-5-13(6-3-11)24-25(21,22)15-7-4-12(17)10-14(15)16(18,19)20/h2-7,10H,8-9H2,1H3. The van der Waals surface area contributed by atoms with E-state index >= 15 is 0 Å². The molecule has 136 valence electrons. The van der Waals surface area contributed by atoms with Crippen LogP contribution >= 0.6 is 11.6 Å². The molecule has 0 aliphatic rings. The molecular weight excluding hydrogens is 381 g/mol. The Labute approximate surface area is 148 Å². The molecule has 0 radical (unpaired) electrons. The molecule has 0 aromatic heterocycles. The molecule has 0 saturated carbocycles. The molecule has 0 saturated heterocycles. The molecule has 2 aromatic carbocycles. The summed E-state index contributed by atoms with van der Waals surface area (Å²) >= 11 is 5.55. The van der Waals surface area contributed by atoms with Crippen LogP contribution < -0.4 is 4.18 Å². The molecule has 4 nitrogen and oxygen atoms in total. The SMILES string of the molecule is COCCc1ccc(OS(=O)(=O)c2ccc(Cl)cc2C(F)(F)F)cc1. The van der Waals surface area contributed by atoms with Crippen LogP contribution in [-0.4, -0.2) is 22.1 Å². The van der Waals surface area contributed by atoms with E-state index in [2.05, 4.69) is 0 Å². The molecule has 0 heterocycles. The number of hydrogen-bond donors (Lipinski definition) is 0. The normalized spacial score (nSPS) is 12.2. The summed E-state index contributed by atoms with van der Waals surface area (Å²) in [6.07, 6.45) is -4.28. The average molecular weight is 395 g/mol. The Balaban J connectivity index is 2.31. The van der Waals surface area contributed by atoms with Gasteiger partial charge in [-0.15, -0.1) is 0 Å². The van der Waals surface area contributed by atoms with Gasteiger partial charge < -0.3 is 8.92 Å². The summed E-state index contributed by atoms with van der Waals surface area (Å²) in [6.45, 7) is 0.484. The summed E-state index contributed by atoms with van der Waals surface area (Å²) in [5.74, 6) is -0.0933. The monoisotopic (exact) mass is 394 g/mol. The van der Waals surface area contributed by atoms with Gasteiger partial charge in [0.2, 0.25) is 0 Å². The van der Waals surface area contributed by atoms with Crippen LogP contribution in [0.25, 0.3) is 0 Å². The number of methoxy groups -OCH3 is 1. The minimum absolute atomic E-state index is 0.0933. The topological polar surface area (TPSA) is 52.6 Å². The molecule has 0 amide bonds. The van der Waals surface area contributed by atoms with Gasteiger partial charge in [0.15, 0.2) is 0 Å². The zero-order valence-corrected chi connectivity index (χ0v) is 14.6. The smallest absolute Gasteiger partial charge is 0.384 e. The van der Waals surface area contributed by atoms with Gasteiger partial charge in [0, 0.05) is 12.1 Å². The first-order chi connectivity index (χ1) is 11.6. The number of alkyl halides is 3. The first-order valence-electron chi connectivity index (χ1n) is 7.02. The second-order valence-corrected chi connectivity index (χ2v) is 7.01. The molecule has 0 aliphatic carbocycles. The highest BCUT2D eigenvalue weighted by molar-refractivity contribution is 7.87. The van der Waals surface area contributed by atoms with Crippen LogP contribution in [0, 0.1) is 0 Å². The van der Waals surface area contributed by atoms with E-state index < -0.39 is 26.8 Å². The largest absolute Gasteiger partial charge is 0.417 e. The number of hydrogen-bond acceptors (Lipinski definition) is 4. The zero-order chi connectivity index (χ0) is 18.7. The second kappa shape index (κ2) is 7.63. The van der Waals surface area contributed by atoms with Gasteiger partial charge in [-0.2, -0.15) is 21.6 Å². The molecule has 0 bridgehead atoms. The first kappa shape index (κ1) is 19.6. The minimum Gasteiger partial charge on any atom is -0.384 e. The number of halogens is 4. The Bertz CT molecular complexity index is 833. The van der Waals surface area contributed by atoms with Crippen molar-refractivity contribution in [2.75, 3.05) is 13.7 Å². The van der Waals surface area contributed by atoms with Gasteiger partial charge in [-0.05, 0) is 42.3 Å². The van der Waals surface area contributed by atoms with Crippen LogP contribution in [0.3, 0.4) is 0 Å². The molecule has 2 rings (SSSR count). The second-order valence-electron chi connectivity index (χ2n) is 5.06. The van der Waals surface area contributed by atoms with Gasteiger partial charge in [0.1, 0.15) is 10.6 Å². The van der Waals surface area contributed by atoms with E-state index in [-0.39, 0.29) is 10.8 Å². The molecule has 0 aliphatic heterocycles. The summed E-state index contributed by atoms with van der Waals surface area (Å²) in [7, 11) is -3.13. The Morgan fingerprint density at radius 2 is 1.72 bits per heavy atom. The highest BCUT2D eigenvalue weighted by atomic mass is 35.5.